The summed E-state index contributed by atoms with van der Waals surface area (Å²) >= 11 is 0. The van der Waals surface area contributed by atoms with E-state index in [4.69, 9.17) is 15.4 Å². The van der Waals surface area contributed by atoms with Crippen molar-refractivity contribution < 1.29 is 13.2 Å². The molecule has 1 unspecified atom stereocenters. The van der Waals surface area contributed by atoms with Crippen LogP contribution in [0.2, 0.25) is 0 Å². The van der Waals surface area contributed by atoms with Crippen LogP contribution in [-0.2, 0) is 13.8 Å². The largest absolute Gasteiger partial charge is 0.374 e. The fourth-order valence-electron chi connectivity index (χ4n) is 1.19. The van der Waals surface area contributed by atoms with Crippen LogP contribution < -0.4 is 0 Å². The van der Waals surface area contributed by atoms with Crippen molar-refractivity contribution in [2.75, 3.05) is 32.5 Å². The number of hydrogen-bond donors (Lipinski definition) is 0. The Bertz CT molecular complexity index is 241. The van der Waals surface area contributed by atoms with Gasteiger partial charge in [0.1, 0.15) is 0 Å². The molecule has 1 aliphatic heterocycles. The zero-order valence-electron chi connectivity index (χ0n) is 6.86. The average molecular weight is 214 g/mol. The maximum Gasteiger partial charge on any atom is 0.235 e. The summed E-state index contributed by atoms with van der Waals surface area (Å²) < 4.78 is 26.6. The summed E-state index contributed by atoms with van der Waals surface area (Å²) in [4.78, 5) is 2.02. The van der Waals surface area contributed by atoms with Gasteiger partial charge in [0.05, 0.1) is 18.5 Å². The van der Waals surface area contributed by atoms with Crippen molar-refractivity contribution in [1.82, 2.24) is 4.90 Å². The van der Waals surface area contributed by atoms with E-state index >= 15 is 0 Å². The molecule has 1 saturated heterocycles. The molecule has 72 valence electrons. The molecule has 0 bridgehead atoms. The lowest BCUT2D eigenvalue weighted by Crippen LogP contribution is -2.42. The summed E-state index contributed by atoms with van der Waals surface area (Å²) in [5, 5.41) is 0. The highest BCUT2D eigenvalue weighted by Gasteiger charge is 2.22. The lowest BCUT2D eigenvalue weighted by molar-refractivity contribution is -0.00661. The molecule has 6 heteroatoms. The van der Waals surface area contributed by atoms with Gasteiger partial charge in [0.25, 0.3) is 0 Å². The topological polar surface area (TPSA) is 46.6 Å². The van der Waals surface area contributed by atoms with Gasteiger partial charge in [0.2, 0.25) is 9.05 Å². The fraction of sp³-hybridized carbons (Fsp3) is 1.00. The molecular formula is C6H12ClNO3S. The third kappa shape index (κ3) is 3.71. The first kappa shape index (κ1) is 10.2. The van der Waals surface area contributed by atoms with Gasteiger partial charge in [-0.25, -0.2) is 8.42 Å². The highest BCUT2D eigenvalue weighted by Crippen LogP contribution is 2.08. The Morgan fingerprint density at radius 1 is 1.67 bits per heavy atom. The Morgan fingerprint density at radius 2 is 2.33 bits per heavy atom. The van der Waals surface area contributed by atoms with Crippen molar-refractivity contribution >= 4 is 19.7 Å². The van der Waals surface area contributed by atoms with E-state index in [-0.39, 0.29) is 11.9 Å². The van der Waals surface area contributed by atoms with Gasteiger partial charge in [-0.05, 0) is 7.05 Å². The second kappa shape index (κ2) is 3.91. The lowest BCUT2D eigenvalue weighted by atomic mass is 10.3. The van der Waals surface area contributed by atoms with Crippen LogP contribution in [-0.4, -0.2) is 51.9 Å². The Hall–Kier alpha value is 0.160. The van der Waals surface area contributed by atoms with Crippen LogP contribution in [0.25, 0.3) is 0 Å². The normalized spacial score (nSPS) is 27.3. The monoisotopic (exact) mass is 213 g/mol. The SMILES string of the molecule is CN1CCOC(CS(=O)(=O)Cl)C1. The first-order chi connectivity index (χ1) is 5.47. The maximum absolute atomic E-state index is 10.7. The summed E-state index contributed by atoms with van der Waals surface area (Å²) in [6.07, 6.45) is -0.272. The number of morpholine rings is 1. The van der Waals surface area contributed by atoms with E-state index < -0.39 is 9.05 Å². The molecule has 4 nitrogen and oxygen atoms in total. The van der Waals surface area contributed by atoms with E-state index in [2.05, 4.69) is 0 Å². The molecule has 0 aliphatic carbocycles. The summed E-state index contributed by atoms with van der Waals surface area (Å²) in [6, 6.07) is 0. The molecule has 0 saturated carbocycles. The van der Waals surface area contributed by atoms with Crippen molar-refractivity contribution in [3.63, 3.8) is 0 Å². The Balaban J connectivity index is 2.43. The number of ether oxygens (including phenoxy) is 1. The number of hydrogen-bond acceptors (Lipinski definition) is 4. The summed E-state index contributed by atoms with van der Waals surface area (Å²) in [5.74, 6) is -0.0983. The smallest absolute Gasteiger partial charge is 0.235 e. The van der Waals surface area contributed by atoms with E-state index in [1.807, 2.05) is 11.9 Å². The first-order valence-electron chi connectivity index (χ1n) is 3.70. The minimum absolute atomic E-state index is 0.0983. The van der Waals surface area contributed by atoms with Gasteiger partial charge >= 0.3 is 0 Å². The van der Waals surface area contributed by atoms with Crippen molar-refractivity contribution in [2.24, 2.45) is 0 Å². The van der Waals surface area contributed by atoms with Crippen molar-refractivity contribution in [3.05, 3.63) is 0 Å². The van der Waals surface area contributed by atoms with Crippen LogP contribution in [0.5, 0.6) is 0 Å². The van der Waals surface area contributed by atoms with Gasteiger partial charge < -0.3 is 9.64 Å². The first-order valence-corrected chi connectivity index (χ1v) is 6.18. The highest BCUT2D eigenvalue weighted by atomic mass is 35.7. The molecule has 1 fully saturated rings. The molecule has 1 atom stereocenters. The van der Waals surface area contributed by atoms with Gasteiger partial charge in [-0.1, -0.05) is 0 Å². The average Bonchev–Trinajstić information content (AvgIpc) is 1.82. The molecule has 0 spiro atoms. The molecule has 0 radical (unpaired) electrons. The molecule has 0 aromatic heterocycles. The van der Waals surface area contributed by atoms with E-state index in [1.54, 1.807) is 0 Å². The number of halogens is 1. The van der Waals surface area contributed by atoms with Crippen LogP contribution in [0.3, 0.4) is 0 Å². The minimum atomic E-state index is -3.43. The van der Waals surface area contributed by atoms with Gasteiger partial charge in [0.15, 0.2) is 0 Å². The summed E-state index contributed by atoms with van der Waals surface area (Å²) in [5.41, 5.74) is 0. The third-order valence-electron chi connectivity index (χ3n) is 1.73. The van der Waals surface area contributed by atoms with E-state index in [9.17, 15) is 8.42 Å². The van der Waals surface area contributed by atoms with Crippen molar-refractivity contribution in [1.29, 1.82) is 0 Å². The molecule has 12 heavy (non-hydrogen) atoms. The molecule has 0 aromatic carbocycles. The minimum Gasteiger partial charge on any atom is -0.374 e. The molecule has 1 rings (SSSR count). The molecule has 1 aliphatic rings. The van der Waals surface area contributed by atoms with Crippen LogP contribution in [0.15, 0.2) is 0 Å². The van der Waals surface area contributed by atoms with Crippen LogP contribution in [0.1, 0.15) is 0 Å². The number of nitrogens with zero attached hydrogens (tertiary/aromatic N) is 1. The highest BCUT2D eigenvalue weighted by molar-refractivity contribution is 8.13. The number of rotatable bonds is 2. The predicted octanol–water partition coefficient (Wildman–Crippen LogP) is -0.114. The second-order valence-electron chi connectivity index (χ2n) is 2.96. The zero-order chi connectivity index (χ0) is 9.19. The van der Waals surface area contributed by atoms with Gasteiger partial charge in [-0.15, -0.1) is 0 Å². The van der Waals surface area contributed by atoms with E-state index in [0.717, 1.165) is 6.54 Å². The fourth-order valence-corrected chi connectivity index (χ4v) is 2.26. The molecule has 1 heterocycles. The predicted molar refractivity (Wildman–Crippen MR) is 46.9 cm³/mol. The van der Waals surface area contributed by atoms with Crippen LogP contribution in [0, 0.1) is 0 Å². The standard InChI is InChI=1S/C6H12ClNO3S/c1-8-2-3-11-6(4-8)5-12(7,9)10/h6H,2-5H2,1H3. The second-order valence-corrected chi connectivity index (χ2v) is 5.78. The third-order valence-corrected chi connectivity index (χ3v) is 2.87. The summed E-state index contributed by atoms with van der Waals surface area (Å²) in [6.45, 7) is 2.05. The van der Waals surface area contributed by atoms with Crippen LogP contribution >= 0.6 is 10.7 Å². The van der Waals surface area contributed by atoms with Gasteiger partial charge in [-0.3, -0.25) is 0 Å². The molecule has 0 N–H and O–H groups in total. The number of likely N-dealkylation sites (N-methyl/N-ethyl adjacent to an activating group) is 1. The molecule has 0 amide bonds. The van der Waals surface area contributed by atoms with Crippen molar-refractivity contribution in [2.45, 2.75) is 6.10 Å². The summed E-state index contributed by atoms with van der Waals surface area (Å²) in [7, 11) is 3.59. The molecule has 0 aromatic rings. The van der Waals surface area contributed by atoms with Crippen LogP contribution in [0.4, 0.5) is 0 Å². The maximum atomic E-state index is 10.7. The Kier molecular flexibility index (Phi) is 3.34. The lowest BCUT2D eigenvalue weighted by Gasteiger charge is -2.29. The van der Waals surface area contributed by atoms with Crippen molar-refractivity contribution in [3.8, 4) is 0 Å². The van der Waals surface area contributed by atoms with E-state index in [0.29, 0.717) is 13.2 Å². The molecular weight excluding hydrogens is 202 g/mol. The Morgan fingerprint density at radius 3 is 2.83 bits per heavy atom. The van der Waals surface area contributed by atoms with E-state index in [1.165, 1.54) is 0 Å². The zero-order valence-corrected chi connectivity index (χ0v) is 8.44. The Labute approximate surface area is 76.9 Å². The van der Waals surface area contributed by atoms with Gasteiger partial charge in [-0.2, -0.15) is 0 Å². The van der Waals surface area contributed by atoms with Gasteiger partial charge in [0, 0.05) is 23.8 Å². The quantitative estimate of drug-likeness (QED) is 0.601.